The smallest absolute Gasteiger partial charge is 0.269 e. The number of alkyl halides is 1. The summed E-state index contributed by atoms with van der Waals surface area (Å²) in [4.78, 5) is 15.3. The second-order valence-corrected chi connectivity index (χ2v) is 3.84. The van der Waals surface area contributed by atoms with E-state index in [2.05, 4.69) is 10.1 Å². The molecule has 5 heteroatoms. The number of aryl methyl sites for hydroxylation is 2. The molecule has 1 aliphatic heterocycles. The quantitative estimate of drug-likeness (QED) is 0.552. The van der Waals surface area contributed by atoms with Gasteiger partial charge >= 0.3 is 0 Å². The predicted molar refractivity (Wildman–Crippen MR) is 52.5 cm³/mol. The van der Waals surface area contributed by atoms with Crippen LogP contribution in [0.3, 0.4) is 0 Å². The summed E-state index contributed by atoms with van der Waals surface area (Å²) in [5, 5.41) is 4.48. The van der Waals surface area contributed by atoms with Gasteiger partial charge in [-0.2, -0.15) is 10.1 Å². The van der Waals surface area contributed by atoms with Crippen LogP contribution in [0.4, 0.5) is 0 Å². The normalized spacial score (nSPS) is 20.7. The van der Waals surface area contributed by atoms with Gasteiger partial charge in [-0.15, -0.1) is 11.6 Å². The molecule has 1 aliphatic rings. The van der Waals surface area contributed by atoms with Gasteiger partial charge in [0.05, 0.1) is 5.69 Å². The van der Waals surface area contributed by atoms with Gasteiger partial charge < -0.3 is 0 Å². The summed E-state index contributed by atoms with van der Waals surface area (Å²) in [6.45, 7) is 3.73. The van der Waals surface area contributed by atoms with Crippen molar-refractivity contribution in [3.8, 4) is 0 Å². The predicted octanol–water partition coefficient (Wildman–Crippen LogP) is -0.334. The Bertz CT molecular complexity index is 529. The van der Waals surface area contributed by atoms with Crippen molar-refractivity contribution >= 4 is 23.1 Å². The van der Waals surface area contributed by atoms with E-state index in [1.807, 2.05) is 13.8 Å². The van der Waals surface area contributed by atoms with Crippen LogP contribution in [0.25, 0.3) is 5.57 Å². The zero-order valence-electron chi connectivity index (χ0n) is 8.21. The number of amides is 1. The number of halogens is 1. The highest BCUT2D eigenvalue weighted by Crippen LogP contribution is 2.12. The lowest BCUT2D eigenvalue weighted by atomic mass is 10.1. The first-order valence-electron chi connectivity index (χ1n) is 4.29. The molecule has 0 N–H and O–H groups in total. The molecule has 1 aromatic rings. The van der Waals surface area contributed by atoms with Gasteiger partial charge in [0.1, 0.15) is 5.38 Å². The van der Waals surface area contributed by atoms with Crippen LogP contribution in [0.5, 0.6) is 0 Å². The summed E-state index contributed by atoms with van der Waals surface area (Å²) in [6, 6.07) is 0. The van der Waals surface area contributed by atoms with E-state index < -0.39 is 5.38 Å². The minimum atomic E-state index is -0.634. The minimum Gasteiger partial charge on any atom is -0.270 e. The van der Waals surface area contributed by atoms with E-state index in [1.54, 1.807) is 11.7 Å². The molecule has 0 saturated carbocycles. The maximum Gasteiger partial charge on any atom is 0.269 e. The van der Waals surface area contributed by atoms with E-state index in [1.165, 1.54) is 0 Å². The van der Waals surface area contributed by atoms with Crippen LogP contribution in [-0.4, -0.2) is 21.1 Å². The van der Waals surface area contributed by atoms with Crippen molar-refractivity contribution < 1.29 is 4.79 Å². The summed E-state index contributed by atoms with van der Waals surface area (Å²) in [5.41, 5.74) is 2.32. The third-order valence-corrected chi connectivity index (χ3v) is 2.91. The summed E-state index contributed by atoms with van der Waals surface area (Å²) >= 11 is 5.91. The molecule has 1 atom stereocenters. The Morgan fingerprint density at radius 2 is 2.07 bits per heavy atom. The molecule has 0 aromatic carbocycles. The molecular formula is C9H10ClN3O. The topological polar surface area (TPSA) is 47.2 Å². The van der Waals surface area contributed by atoms with E-state index in [-0.39, 0.29) is 5.91 Å². The molecule has 0 spiro atoms. The van der Waals surface area contributed by atoms with Crippen LogP contribution in [0.2, 0.25) is 0 Å². The zero-order valence-corrected chi connectivity index (χ0v) is 8.96. The van der Waals surface area contributed by atoms with Crippen molar-refractivity contribution in [1.29, 1.82) is 0 Å². The van der Waals surface area contributed by atoms with Gasteiger partial charge in [-0.1, -0.05) is 0 Å². The van der Waals surface area contributed by atoms with Gasteiger partial charge in [0.15, 0.2) is 5.49 Å². The summed E-state index contributed by atoms with van der Waals surface area (Å²) in [6.07, 6.45) is 0. The lowest BCUT2D eigenvalue weighted by Crippen LogP contribution is -2.39. The van der Waals surface area contributed by atoms with Gasteiger partial charge in [0.2, 0.25) is 0 Å². The molecule has 0 bridgehead atoms. The fourth-order valence-electron chi connectivity index (χ4n) is 1.71. The maximum absolute atomic E-state index is 11.4. The van der Waals surface area contributed by atoms with Crippen LogP contribution < -0.4 is 10.7 Å². The van der Waals surface area contributed by atoms with Gasteiger partial charge in [0.25, 0.3) is 5.91 Å². The molecule has 14 heavy (non-hydrogen) atoms. The Hall–Kier alpha value is -1.16. The second-order valence-electron chi connectivity index (χ2n) is 3.40. The zero-order chi connectivity index (χ0) is 10.5. The minimum absolute atomic E-state index is 0.306. The molecule has 2 rings (SSSR count). The van der Waals surface area contributed by atoms with E-state index in [9.17, 15) is 4.79 Å². The number of nitrogens with zero attached hydrogens (tertiary/aromatic N) is 3. The third-order valence-electron chi connectivity index (χ3n) is 2.40. The van der Waals surface area contributed by atoms with E-state index >= 15 is 0 Å². The lowest BCUT2D eigenvalue weighted by molar-refractivity contribution is -0.117. The molecule has 0 aliphatic carbocycles. The molecule has 0 fully saturated rings. The fourth-order valence-corrected chi connectivity index (χ4v) is 1.87. The van der Waals surface area contributed by atoms with Crippen LogP contribution in [-0.2, 0) is 11.8 Å². The van der Waals surface area contributed by atoms with E-state index in [4.69, 9.17) is 11.6 Å². The number of carbonyl (C=O) groups is 1. The SMILES string of the molecule is CC1=c2c(C)nn(C)c2=NC(=O)C1Cl. The Morgan fingerprint density at radius 1 is 1.43 bits per heavy atom. The first-order chi connectivity index (χ1) is 6.52. The first kappa shape index (κ1) is 9.40. The number of hydrogen-bond donors (Lipinski definition) is 0. The monoisotopic (exact) mass is 211 g/mol. The van der Waals surface area contributed by atoms with Crippen molar-refractivity contribution in [2.75, 3.05) is 0 Å². The summed E-state index contributed by atoms with van der Waals surface area (Å²) < 4.78 is 1.61. The Balaban J connectivity index is 2.98. The van der Waals surface area contributed by atoms with Crippen LogP contribution >= 0.6 is 11.6 Å². The Labute approximate surface area is 85.9 Å². The van der Waals surface area contributed by atoms with Crippen LogP contribution in [0.1, 0.15) is 12.6 Å². The third kappa shape index (κ3) is 1.10. The highest BCUT2D eigenvalue weighted by molar-refractivity contribution is 6.36. The van der Waals surface area contributed by atoms with Crippen molar-refractivity contribution in [2.24, 2.45) is 12.0 Å². The first-order valence-corrected chi connectivity index (χ1v) is 4.73. The average molecular weight is 212 g/mol. The molecule has 74 valence electrons. The van der Waals surface area contributed by atoms with Gasteiger partial charge in [-0.25, -0.2) is 0 Å². The fraction of sp³-hybridized carbons (Fsp3) is 0.444. The number of hydrogen-bond acceptors (Lipinski definition) is 2. The van der Waals surface area contributed by atoms with Crippen LogP contribution in [0, 0.1) is 6.92 Å². The molecule has 0 radical (unpaired) electrons. The second kappa shape index (κ2) is 2.92. The van der Waals surface area contributed by atoms with Crippen molar-refractivity contribution in [2.45, 2.75) is 19.2 Å². The van der Waals surface area contributed by atoms with E-state index in [0.717, 1.165) is 16.5 Å². The van der Waals surface area contributed by atoms with Gasteiger partial charge in [-0.3, -0.25) is 9.48 Å². The van der Waals surface area contributed by atoms with Gasteiger partial charge in [0, 0.05) is 12.3 Å². The Kier molecular flexibility index (Phi) is 1.96. The average Bonchev–Trinajstić information content (AvgIpc) is 2.38. The highest BCUT2D eigenvalue weighted by Gasteiger charge is 2.23. The molecule has 1 amide bonds. The number of carbonyl (C=O) groups excluding carboxylic acids is 1. The van der Waals surface area contributed by atoms with E-state index in [0.29, 0.717) is 5.49 Å². The van der Waals surface area contributed by atoms with Crippen molar-refractivity contribution in [3.63, 3.8) is 0 Å². The lowest BCUT2D eigenvalue weighted by Gasteiger charge is -2.08. The largest absolute Gasteiger partial charge is 0.270 e. The van der Waals surface area contributed by atoms with Crippen LogP contribution in [0.15, 0.2) is 4.99 Å². The molecule has 2 heterocycles. The summed E-state index contributed by atoms with van der Waals surface area (Å²) in [7, 11) is 1.77. The number of aromatic nitrogens is 2. The number of fused-ring (bicyclic) bond motifs is 1. The molecule has 0 saturated heterocycles. The molecular weight excluding hydrogens is 202 g/mol. The molecule has 1 unspecified atom stereocenters. The molecule has 1 aromatic heterocycles. The maximum atomic E-state index is 11.4. The molecule has 4 nitrogen and oxygen atoms in total. The highest BCUT2D eigenvalue weighted by atomic mass is 35.5. The van der Waals surface area contributed by atoms with Gasteiger partial charge in [-0.05, 0) is 19.4 Å². The standard InChI is InChI=1S/C9H10ClN3O/c1-4-6-5(2)12-13(3)8(6)11-9(14)7(4)10/h7H,1-3H3. The van der Waals surface area contributed by atoms with Crippen molar-refractivity contribution in [3.05, 3.63) is 16.4 Å². The number of rotatable bonds is 0. The summed E-state index contributed by atoms with van der Waals surface area (Å²) in [5.74, 6) is -0.306. The van der Waals surface area contributed by atoms with Crippen molar-refractivity contribution in [1.82, 2.24) is 9.78 Å². The Morgan fingerprint density at radius 3 is 2.71 bits per heavy atom.